The lowest BCUT2D eigenvalue weighted by Crippen LogP contribution is -2.40. The summed E-state index contributed by atoms with van der Waals surface area (Å²) in [6.45, 7) is 26.6. The van der Waals surface area contributed by atoms with Gasteiger partial charge in [-0.25, -0.2) is 0 Å². The first kappa shape index (κ1) is 30.9. The van der Waals surface area contributed by atoms with Crippen LogP contribution in [-0.2, 0) is 37.3 Å². The Bertz CT molecular complexity index is 1510. The molecule has 0 saturated heterocycles. The Labute approximate surface area is 259 Å². The number of benzene rings is 4. The Kier molecular flexibility index (Phi) is 7.01. The van der Waals surface area contributed by atoms with Crippen LogP contribution in [0.1, 0.15) is 128 Å². The molecule has 0 N–H and O–H groups in total. The highest BCUT2D eigenvalue weighted by Crippen LogP contribution is 2.62. The topological polar surface area (TPSA) is 39.8 Å². The van der Waals surface area contributed by atoms with Gasteiger partial charge in [-0.15, -0.1) is 0 Å². The second-order valence-corrected chi connectivity index (χ2v) is 16.6. The van der Waals surface area contributed by atoms with Gasteiger partial charge in [0.2, 0.25) is 0 Å². The maximum atomic E-state index is 13.6. The van der Waals surface area contributed by atoms with Crippen molar-refractivity contribution >= 4 is 0 Å². The van der Waals surface area contributed by atoms with Gasteiger partial charge in [-0.3, -0.25) is 10.2 Å². The van der Waals surface area contributed by atoms with Gasteiger partial charge in [0.25, 0.3) is 0 Å². The molecule has 2 nitrogen and oxygen atoms in total. The normalized spacial score (nSPS) is 14.9. The van der Waals surface area contributed by atoms with Crippen LogP contribution in [0.4, 0.5) is 0 Å². The van der Waals surface area contributed by atoms with E-state index in [4.69, 9.17) is 0 Å². The van der Waals surface area contributed by atoms with Crippen molar-refractivity contribution in [3.63, 3.8) is 0 Å². The van der Waals surface area contributed by atoms with Crippen molar-refractivity contribution in [3.8, 4) is 22.6 Å². The zero-order chi connectivity index (χ0) is 31.9. The van der Waals surface area contributed by atoms with Crippen molar-refractivity contribution < 1.29 is 10.2 Å². The first-order valence-electron chi connectivity index (χ1n) is 15.6. The molecule has 0 amide bonds. The lowest BCUT2D eigenvalue weighted by Gasteiger charge is -2.46. The fraction of sp³-hybridized carbons (Fsp3) is 0.415. The van der Waals surface area contributed by atoms with Gasteiger partial charge in [0, 0.05) is 0 Å². The first-order chi connectivity index (χ1) is 19.7. The van der Waals surface area contributed by atoms with Crippen LogP contribution in [0.25, 0.3) is 11.1 Å². The van der Waals surface area contributed by atoms with Crippen molar-refractivity contribution in [1.29, 1.82) is 0 Å². The van der Waals surface area contributed by atoms with E-state index in [0.717, 1.165) is 22.3 Å². The fourth-order valence-electron chi connectivity index (χ4n) is 7.30. The van der Waals surface area contributed by atoms with Gasteiger partial charge >= 0.3 is 0 Å². The van der Waals surface area contributed by atoms with Crippen LogP contribution in [-0.4, -0.2) is 0 Å². The van der Waals surface area contributed by atoms with Crippen molar-refractivity contribution in [2.24, 2.45) is 0 Å². The molecule has 5 rings (SSSR count). The molecule has 4 aromatic carbocycles. The summed E-state index contributed by atoms with van der Waals surface area (Å²) in [5.74, 6) is 0.0747. The van der Waals surface area contributed by atoms with Crippen LogP contribution < -0.4 is 0 Å². The molecule has 1 aliphatic carbocycles. The minimum absolute atomic E-state index is 0.0373. The summed E-state index contributed by atoms with van der Waals surface area (Å²) in [5, 5.41) is 27.1. The average Bonchev–Trinajstić information content (AvgIpc) is 3.17. The molecule has 0 fully saturated rings. The number of rotatable bonds is 2. The van der Waals surface area contributed by atoms with Crippen LogP contribution >= 0.6 is 0 Å². The Morgan fingerprint density at radius 2 is 0.674 bits per heavy atom. The Balaban J connectivity index is 2.24. The van der Waals surface area contributed by atoms with E-state index < -0.39 is 5.41 Å². The van der Waals surface area contributed by atoms with E-state index in [0.29, 0.717) is 0 Å². The van der Waals surface area contributed by atoms with Gasteiger partial charge in [-0.2, -0.15) is 0 Å². The van der Waals surface area contributed by atoms with E-state index in [9.17, 15) is 10.2 Å². The first-order valence-corrected chi connectivity index (χ1v) is 15.6. The molecule has 224 valence electrons. The van der Waals surface area contributed by atoms with Crippen LogP contribution in [0.5, 0.6) is 11.5 Å². The summed E-state index contributed by atoms with van der Waals surface area (Å²) < 4.78 is 0. The van der Waals surface area contributed by atoms with Gasteiger partial charge in [-0.1, -0.05) is 132 Å². The molecular formula is C41H48O2. The van der Waals surface area contributed by atoms with Crippen LogP contribution in [0.15, 0.2) is 72.8 Å². The summed E-state index contributed by atoms with van der Waals surface area (Å²) in [6.07, 6.45) is 0. The quantitative estimate of drug-likeness (QED) is 0.202. The third-order valence-corrected chi connectivity index (χ3v) is 9.16. The predicted molar refractivity (Wildman–Crippen MR) is 179 cm³/mol. The number of fused-ring (bicyclic) bond motifs is 3. The van der Waals surface area contributed by atoms with Crippen LogP contribution in [0, 0.1) is 0 Å². The molecule has 1 aliphatic rings. The SMILES string of the molecule is CC(C)(C)c1cc([O])cc(C(C)(C)C)c1C1(c2c(C(C)(C)C)cc([O])cc2C(C)(C)C)c2ccccc2-c2ccccc21. The molecule has 0 atom stereocenters. The zero-order valence-electron chi connectivity index (χ0n) is 28.2. The average molecular weight is 573 g/mol. The van der Waals surface area contributed by atoms with Crippen LogP contribution in [0.2, 0.25) is 0 Å². The fourth-order valence-corrected chi connectivity index (χ4v) is 7.30. The van der Waals surface area contributed by atoms with E-state index in [1.807, 2.05) is 24.3 Å². The van der Waals surface area contributed by atoms with E-state index >= 15 is 0 Å². The predicted octanol–water partition coefficient (Wildman–Crippen LogP) is 11.5. The molecule has 0 aliphatic heterocycles. The Morgan fingerprint density at radius 3 is 0.930 bits per heavy atom. The summed E-state index contributed by atoms with van der Waals surface area (Å²) >= 11 is 0. The van der Waals surface area contributed by atoms with Crippen LogP contribution in [0.3, 0.4) is 0 Å². The highest BCUT2D eigenvalue weighted by atomic mass is 16.3. The maximum Gasteiger partial charge on any atom is 0.179 e. The standard InChI is InChI=1S/C41H48O2/c1-37(2,3)31-21-25(42)22-32(38(4,5)6)35(31)41(29-19-15-13-17-27(29)28-18-14-16-20-30(28)41)36-33(39(7,8)9)23-26(43)24-34(36)40(10,11)12/h13-24H,1-12H3. The molecule has 43 heavy (non-hydrogen) atoms. The smallest absolute Gasteiger partial charge is 0.179 e. The van der Waals surface area contributed by atoms with E-state index in [2.05, 4.69) is 132 Å². The van der Waals surface area contributed by atoms with Crippen molar-refractivity contribution in [1.82, 2.24) is 0 Å². The minimum atomic E-state index is -0.759. The van der Waals surface area contributed by atoms with E-state index in [1.165, 1.54) is 33.4 Å². The van der Waals surface area contributed by atoms with Crippen molar-refractivity contribution in [2.45, 2.75) is 110 Å². The molecular weight excluding hydrogens is 524 g/mol. The number of hydrogen-bond acceptors (Lipinski definition) is 0. The third kappa shape index (κ3) is 4.88. The molecule has 0 spiro atoms. The Hall–Kier alpha value is -3.52. The molecule has 4 aromatic rings. The monoisotopic (exact) mass is 572 g/mol. The molecule has 2 radical (unpaired) electrons. The van der Waals surface area contributed by atoms with Gasteiger partial charge in [0.1, 0.15) is 0 Å². The maximum absolute atomic E-state index is 13.6. The van der Waals surface area contributed by atoms with Gasteiger partial charge in [0.05, 0.1) is 5.41 Å². The second kappa shape index (κ2) is 9.74. The summed E-state index contributed by atoms with van der Waals surface area (Å²) in [6, 6.07) is 25.1. The highest BCUT2D eigenvalue weighted by molar-refractivity contribution is 5.88. The summed E-state index contributed by atoms with van der Waals surface area (Å²) in [5.41, 5.74) is 9.37. The van der Waals surface area contributed by atoms with Gasteiger partial charge < -0.3 is 0 Å². The molecule has 2 heteroatoms. The molecule has 0 saturated carbocycles. The van der Waals surface area contributed by atoms with Gasteiger partial charge in [0.15, 0.2) is 11.5 Å². The van der Waals surface area contributed by atoms with E-state index in [-0.39, 0.29) is 33.2 Å². The van der Waals surface area contributed by atoms with E-state index in [1.54, 1.807) is 0 Å². The molecule has 0 aromatic heterocycles. The third-order valence-electron chi connectivity index (χ3n) is 9.16. The minimum Gasteiger partial charge on any atom is -0.290 e. The second-order valence-electron chi connectivity index (χ2n) is 16.6. The highest BCUT2D eigenvalue weighted by Gasteiger charge is 2.53. The summed E-state index contributed by atoms with van der Waals surface area (Å²) in [4.78, 5) is 0. The van der Waals surface area contributed by atoms with Gasteiger partial charge in [-0.05, 0) is 102 Å². The number of hydrogen-bond donors (Lipinski definition) is 0. The van der Waals surface area contributed by atoms with Crippen molar-refractivity contribution in [2.75, 3.05) is 0 Å². The largest absolute Gasteiger partial charge is 0.290 e. The molecule has 0 bridgehead atoms. The lowest BCUT2D eigenvalue weighted by atomic mass is 9.56. The Morgan fingerprint density at radius 1 is 0.419 bits per heavy atom. The zero-order valence-corrected chi connectivity index (χ0v) is 28.2. The summed E-state index contributed by atoms with van der Waals surface area (Å²) in [7, 11) is 0. The van der Waals surface area contributed by atoms with Crippen molar-refractivity contribution in [3.05, 3.63) is 117 Å². The lowest BCUT2D eigenvalue weighted by molar-refractivity contribution is 0.350. The molecule has 0 heterocycles. The molecule has 0 unspecified atom stereocenters.